The van der Waals surface area contributed by atoms with Crippen LogP contribution in [-0.2, 0) is 9.59 Å². The highest BCUT2D eigenvalue weighted by Crippen LogP contribution is 2.28. The van der Waals surface area contributed by atoms with Crippen LogP contribution in [0.3, 0.4) is 0 Å². The van der Waals surface area contributed by atoms with Crippen molar-refractivity contribution in [2.24, 2.45) is 11.3 Å². The summed E-state index contributed by atoms with van der Waals surface area (Å²) >= 11 is 1.66. The zero-order valence-electron chi connectivity index (χ0n) is 17.2. The number of benzene rings is 1. The zero-order chi connectivity index (χ0) is 20.3. The average Bonchev–Trinajstić information content (AvgIpc) is 3.20. The maximum atomic E-state index is 13.0. The third-order valence-corrected chi connectivity index (χ3v) is 6.26. The number of amides is 2. The standard InChI is InChI=1S/C23H30N2O2S/c1-16-7-9-17(10-8-16)20(19-6-5-15-28-19)24-21(26)18-11-13-25(14-12-18)22(27)23(2,3)4/h5-10,15,18,20H,11-14H2,1-4H3,(H,24,26). The normalized spacial score (nSPS) is 16.6. The van der Waals surface area contributed by atoms with Crippen molar-refractivity contribution in [3.63, 3.8) is 0 Å². The Balaban J connectivity index is 1.67. The molecule has 0 radical (unpaired) electrons. The summed E-state index contributed by atoms with van der Waals surface area (Å²) in [5.74, 6) is 0.209. The molecule has 0 saturated carbocycles. The molecule has 5 heteroatoms. The summed E-state index contributed by atoms with van der Waals surface area (Å²) < 4.78 is 0. The van der Waals surface area contributed by atoms with E-state index < -0.39 is 0 Å². The first-order valence-corrected chi connectivity index (χ1v) is 10.8. The van der Waals surface area contributed by atoms with Crippen LogP contribution in [0.25, 0.3) is 0 Å². The van der Waals surface area contributed by atoms with E-state index in [4.69, 9.17) is 0 Å². The molecule has 150 valence electrons. The van der Waals surface area contributed by atoms with Crippen molar-refractivity contribution in [2.45, 2.75) is 46.6 Å². The van der Waals surface area contributed by atoms with Gasteiger partial charge in [0.05, 0.1) is 6.04 Å². The van der Waals surface area contributed by atoms with Gasteiger partial charge < -0.3 is 10.2 Å². The Morgan fingerprint density at radius 3 is 2.29 bits per heavy atom. The van der Waals surface area contributed by atoms with Crippen LogP contribution in [0.15, 0.2) is 41.8 Å². The van der Waals surface area contributed by atoms with Crippen LogP contribution in [0.4, 0.5) is 0 Å². The third kappa shape index (κ3) is 4.82. The van der Waals surface area contributed by atoms with Gasteiger partial charge in [0.25, 0.3) is 0 Å². The van der Waals surface area contributed by atoms with Crippen LogP contribution in [-0.4, -0.2) is 29.8 Å². The van der Waals surface area contributed by atoms with E-state index in [0.29, 0.717) is 13.1 Å². The summed E-state index contributed by atoms with van der Waals surface area (Å²) in [6, 6.07) is 12.3. The largest absolute Gasteiger partial charge is 0.344 e. The third-order valence-electron chi connectivity index (χ3n) is 5.32. The van der Waals surface area contributed by atoms with Gasteiger partial charge in [-0.15, -0.1) is 11.3 Å². The lowest BCUT2D eigenvalue weighted by Gasteiger charge is -2.35. The van der Waals surface area contributed by atoms with Crippen molar-refractivity contribution in [3.05, 3.63) is 57.8 Å². The monoisotopic (exact) mass is 398 g/mol. The van der Waals surface area contributed by atoms with Crippen molar-refractivity contribution in [3.8, 4) is 0 Å². The van der Waals surface area contributed by atoms with Crippen molar-refractivity contribution in [1.82, 2.24) is 10.2 Å². The lowest BCUT2D eigenvalue weighted by atomic mass is 9.90. The highest BCUT2D eigenvalue weighted by atomic mass is 32.1. The second-order valence-corrected chi connectivity index (χ2v) is 9.66. The lowest BCUT2D eigenvalue weighted by Crippen LogP contribution is -2.47. The van der Waals surface area contributed by atoms with Gasteiger partial charge in [-0.25, -0.2) is 0 Å². The molecule has 28 heavy (non-hydrogen) atoms. The van der Waals surface area contributed by atoms with Gasteiger partial charge >= 0.3 is 0 Å². The molecule has 1 aliphatic heterocycles. The maximum absolute atomic E-state index is 13.0. The molecule has 0 spiro atoms. The van der Waals surface area contributed by atoms with E-state index in [-0.39, 0.29) is 29.2 Å². The molecule has 1 fully saturated rings. The molecule has 1 saturated heterocycles. The molecule has 3 rings (SSSR count). The van der Waals surface area contributed by atoms with Crippen molar-refractivity contribution >= 4 is 23.2 Å². The number of hydrogen-bond acceptors (Lipinski definition) is 3. The summed E-state index contributed by atoms with van der Waals surface area (Å²) in [5, 5.41) is 5.31. The number of nitrogens with zero attached hydrogens (tertiary/aromatic N) is 1. The van der Waals surface area contributed by atoms with E-state index in [2.05, 4.69) is 42.6 Å². The molecule has 1 unspecified atom stereocenters. The highest BCUT2D eigenvalue weighted by molar-refractivity contribution is 7.10. The Bertz CT molecular complexity index is 798. The summed E-state index contributed by atoms with van der Waals surface area (Å²) in [5.41, 5.74) is 1.93. The van der Waals surface area contributed by atoms with Crippen LogP contribution >= 0.6 is 11.3 Å². The number of carbonyl (C=O) groups is 2. The fourth-order valence-electron chi connectivity index (χ4n) is 3.61. The predicted molar refractivity (Wildman–Crippen MR) is 114 cm³/mol. The summed E-state index contributed by atoms with van der Waals surface area (Å²) in [6.07, 6.45) is 1.44. The number of rotatable bonds is 4. The average molecular weight is 399 g/mol. The first kappa shape index (κ1) is 20.6. The maximum Gasteiger partial charge on any atom is 0.227 e. The van der Waals surface area contributed by atoms with Gasteiger partial charge in [0, 0.05) is 29.3 Å². The lowest BCUT2D eigenvalue weighted by molar-refractivity contribution is -0.142. The first-order valence-electron chi connectivity index (χ1n) is 9.95. The van der Waals surface area contributed by atoms with Gasteiger partial charge in [-0.3, -0.25) is 9.59 Å². The molecule has 2 amide bonds. The molecule has 1 aromatic heterocycles. The van der Waals surface area contributed by atoms with Gasteiger partial charge in [-0.05, 0) is 36.8 Å². The fourth-order valence-corrected chi connectivity index (χ4v) is 4.41. The van der Waals surface area contributed by atoms with E-state index in [1.807, 2.05) is 37.1 Å². The summed E-state index contributed by atoms with van der Waals surface area (Å²) in [7, 11) is 0. The second kappa shape index (κ2) is 8.48. The second-order valence-electron chi connectivity index (χ2n) is 8.68. The van der Waals surface area contributed by atoms with Crippen LogP contribution in [0.2, 0.25) is 0 Å². The van der Waals surface area contributed by atoms with E-state index in [0.717, 1.165) is 23.3 Å². The van der Waals surface area contributed by atoms with Gasteiger partial charge in [0.1, 0.15) is 0 Å². The fraction of sp³-hybridized carbons (Fsp3) is 0.478. The Kier molecular flexibility index (Phi) is 6.23. The Morgan fingerprint density at radius 2 is 1.75 bits per heavy atom. The minimum Gasteiger partial charge on any atom is -0.344 e. The van der Waals surface area contributed by atoms with Crippen LogP contribution in [0.1, 0.15) is 55.7 Å². The predicted octanol–water partition coefficient (Wildman–Crippen LogP) is 4.55. The minimum atomic E-state index is -0.370. The number of carbonyl (C=O) groups excluding carboxylic acids is 2. The Morgan fingerprint density at radius 1 is 1.11 bits per heavy atom. The van der Waals surface area contributed by atoms with Crippen molar-refractivity contribution in [2.75, 3.05) is 13.1 Å². The molecule has 1 aromatic carbocycles. The van der Waals surface area contributed by atoms with E-state index in [1.54, 1.807) is 11.3 Å². The molecule has 4 nitrogen and oxygen atoms in total. The first-order chi connectivity index (χ1) is 13.3. The molecule has 2 aromatic rings. The smallest absolute Gasteiger partial charge is 0.227 e. The van der Waals surface area contributed by atoms with Gasteiger partial charge in [0.15, 0.2) is 0 Å². The Labute approximate surface area is 172 Å². The van der Waals surface area contributed by atoms with Gasteiger partial charge in [-0.2, -0.15) is 0 Å². The van der Waals surface area contributed by atoms with E-state index in [9.17, 15) is 9.59 Å². The Hall–Kier alpha value is -2.14. The number of aryl methyl sites for hydroxylation is 1. The van der Waals surface area contributed by atoms with Gasteiger partial charge in [0.2, 0.25) is 11.8 Å². The summed E-state index contributed by atoms with van der Waals surface area (Å²) in [6.45, 7) is 9.21. The summed E-state index contributed by atoms with van der Waals surface area (Å²) in [4.78, 5) is 28.5. The number of thiophene rings is 1. The number of likely N-dealkylation sites (tertiary alicyclic amines) is 1. The molecule has 1 aliphatic rings. The van der Waals surface area contributed by atoms with E-state index in [1.165, 1.54) is 5.56 Å². The molecular formula is C23H30N2O2S. The SMILES string of the molecule is Cc1ccc(C(NC(=O)C2CCN(C(=O)C(C)(C)C)CC2)c2cccs2)cc1. The highest BCUT2D eigenvalue weighted by Gasteiger charge is 2.33. The minimum absolute atomic E-state index is 0.0445. The molecule has 2 heterocycles. The zero-order valence-corrected chi connectivity index (χ0v) is 18.0. The molecular weight excluding hydrogens is 368 g/mol. The molecule has 0 bridgehead atoms. The number of hydrogen-bond donors (Lipinski definition) is 1. The van der Waals surface area contributed by atoms with E-state index >= 15 is 0 Å². The van der Waals surface area contributed by atoms with Crippen molar-refractivity contribution < 1.29 is 9.59 Å². The number of piperidine rings is 1. The topological polar surface area (TPSA) is 49.4 Å². The quantitative estimate of drug-likeness (QED) is 0.822. The van der Waals surface area contributed by atoms with Gasteiger partial charge in [-0.1, -0.05) is 56.7 Å². The molecule has 0 aliphatic carbocycles. The van der Waals surface area contributed by atoms with Crippen LogP contribution < -0.4 is 5.32 Å². The number of nitrogens with one attached hydrogen (secondary N) is 1. The molecule has 1 atom stereocenters. The van der Waals surface area contributed by atoms with Crippen LogP contribution in [0.5, 0.6) is 0 Å². The molecule has 1 N–H and O–H groups in total. The van der Waals surface area contributed by atoms with Crippen LogP contribution in [0, 0.1) is 18.3 Å². The van der Waals surface area contributed by atoms with Crippen molar-refractivity contribution in [1.29, 1.82) is 0 Å².